The highest BCUT2D eigenvalue weighted by Gasteiger charge is 2.03. The van der Waals surface area contributed by atoms with Gasteiger partial charge in [0.15, 0.2) is 11.5 Å². The van der Waals surface area contributed by atoms with Crippen LogP contribution in [0.15, 0.2) is 23.2 Å². The predicted molar refractivity (Wildman–Crippen MR) is 56.2 cm³/mol. The van der Waals surface area contributed by atoms with Crippen LogP contribution >= 0.6 is 0 Å². The monoisotopic (exact) mass is 194 g/mol. The van der Waals surface area contributed by atoms with E-state index >= 15 is 0 Å². The molecule has 0 atom stereocenters. The highest BCUT2D eigenvalue weighted by Crippen LogP contribution is 2.27. The van der Waals surface area contributed by atoms with E-state index in [0.29, 0.717) is 24.4 Å². The zero-order valence-electron chi connectivity index (χ0n) is 8.10. The van der Waals surface area contributed by atoms with Crippen molar-refractivity contribution in [1.82, 2.24) is 0 Å². The summed E-state index contributed by atoms with van der Waals surface area (Å²) in [5.74, 6) is 0.553. The van der Waals surface area contributed by atoms with Gasteiger partial charge in [0.1, 0.15) is 0 Å². The van der Waals surface area contributed by atoms with Crippen LogP contribution in [0.4, 0.5) is 0 Å². The lowest BCUT2D eigenvalue weighted by atomic mass is 10.2. The van der Waals surface area contributed by atoms with Gasteiger partial charge in [-0.1, -0.05) is 6.07 Å². The van der Waals surface area contributed by atoms with Crippen molar-refractivity contribution < 1.29 is 9.84 Å². The first kappa shape index (κ1) is 10.5. The second-order valence-electron chi connectivity index (χ2n) is 2.72. The molecule has 1 aromatic carbocycles. The molecule has 0 fully saturated rings. The lowest BCUT2D eigenvalue weighted by Gasteiger charge is -2.04. The number of aromatic hydroxyl groups is 1. The Morgan fingerprint density at radius 2 is 2.36 bits per heavy atom. The number of phenolic OH excluding ortho intramolecular Hbond substituents is 1. The fraction of sp³-hybridized carbons (Fsp3) is 0.300. The number of hydrogen-bond acceptors (Lipinski definition) is 4. The quantitative estimate of drug-likeness (QED) is 0.696. The Kier molecular flexibility index (Phi) is 3.94. The van der Waals surface area contributed by atoms with Crippen molar-refractivity contribution in [3.8, 4) is 11.5 Å². The van der Waals surface area contributed by atoms with Gasteiger partial charge >= 0.3 is 0 Å². The van der Waals surface area contributed by atoms with E-state index in [4.69, 9.17) is 10.5 Å². The first-order valence-corrected chi connectivity index (χ1v) is 4.35. The molecule has 1 rings (SSSR count). The van der Waals surface area contributed by atoms with E-state index in [1.54, 1.807) is 24.4 Å². The number of ether oxygens (including phenoxy) is 1. The normalized spacial score (nSPS) is 10.7. The minimum Gasteiger partial charge on any atom is -0.504 e. The van der Waals surface area contributed by atoms with Gasteiger partial charge in [0.2, 0.25) is 0 Å². The van der Waals surface area contributed by atoms with E-state index < -0.39 is 0 Å². The van der Waals surface area contributed by atoms with Crippen LogP contribution < -0.4 is 10.5 Å². The molecule has 0 aliphatic heterocycles. The number of nitrogens with two attached hydrogens (primary N) is 1. The van der Waals surface area contributed by atoms with E-state index in [9.17, 15) is 5.11 Å². The van der Waals surface area contributed by atoms with Gasteiger partial charge in [0.25, 0.3) is 0 Å². The predicted octanol–water partition coefficient (Wildman–Crippen LogP) is 0.778. The number of para-hydroxylation sites is 1. The number of hydrogen-bond donors (Lipinski definition) is 2. The van der Waals surface area contributed by atoms with Crippen molar-refractivity contribution in [3.63, 3.8) is 0 Å². The molecule has 4 heteroatoms. The molecular weight excluding hydrogens is 180 g/mol. The van der Waals surface area contributed by atoms with E-state index in [-0.39, 0.29) is 5.75 Å². The van der Waals surface area contributed by atoms with Crippen molar-refractivity contribution in [3.05, 3.63) is 23.8 Å². The van der Waals surface area contributed by atoms with Crippen LogP contribution in [0.2, 0.25) is 0 Å². The highest BCUT2D eigenvalue weighted by atomic mass is 16.5. The van der Waals surface area contributed by atoms with Gasteiger partial charge in [0.05, 0.1) is 13.7 Å². The van der Waals surface area contributed by atoms with Gasteiger partial charge in [-0.2, -0.15) is 0 Å². The van der Waals surface area contributed by atoms with Crippen LogP contribution in [0.5, 0.6) is 11.5 Å². The second kappa shape index (κ2) is 5.24. The topological polar surface area (TPSA) is 67.8 Å². The Bertz CT molecular complexity index is 324. The molecule has 0 amide bonds. The Labute approximate surface area is 83.0 Å². The van der Waals surface area contributed by atoms with Crippen LogP contribution in [-0.2, 0) is 0 Å². The summed E-state index contributed by atoms with van der Waals surface area (Å²) < 4.78 is 4.96. The van der Waals surface area contributed by atoms with Crippen LogP contribution in [0.25, 0.3) is 0 Å². The summed E-state index contributed by atoms with van der Waals surface area (Å²) in [6.45, 7) is 1.05. The molecule has 0 saturated heterocycles. The van der Waals surface area contributed by atoms with Gasteiger partial charge in [-0.3, -0.25) is 4.99 Å². The van der Waals surface area contributed by atoms with Crippen LogP contribution in [-0.4, -0.2) is 31.5 Å². The van der Waals surface area contributed by atoms with Gasteiger partial charge in [0, 0.05) is 18.3 Å². The molecule has 0 spiro atoms. The van der Waals surface area contributed by atoms with Gasteiger partial charge in [-0.25, -0.2) is 0 Å². The highest BCUT2D eigenvalue weighted by molar-refractivity contribution is 5.84. The standard InChI is InChI=1S/C10H14N2O2/c1-14-9-4-2-3-8(10(9)13)7-12-6-5-11/h2-4,7,13H,5-6,11H2,1H3. The lowest BCUT2D eigenvalue weighted by Crippen LogP contribution is -2.02. The second-order valence-corrected chi connectivity index (χ2v) is 2.72. The first-order valence-electron chi connectivity index (χ1n) is 4.35. The maximum Gasteiger partial charge on any atom is 0.166 e. The SMILES string of the molecule is COc1cccc(C=NCCN)c1O. The zero-order valence-corrected chi connectivity index (χ0v) is 8.10. The van der Waals surface area contributed by atoms with Crippen molar-refractivity contribution in [2.24, 2.45) is 10.7 Å². The number of methoxy groups -OCH3 is 1. The molecule has 14 heavy (non-hydrogen) atoms. The number of aliphatic imine (C=N–C) groups is 1. The van der Waals surface area contributed by atoms with Crippen LogP contribution in [0.1, 0.15) is 5.56 Å². The smallest absolute Gasteiger partial charge is 0.166 e. The molecule has 0 heterocycles. The minimum atomic E-state index is 0.107. The Balaban J connectivity index is 2.86. The summed E-state index contributed by atoms with van der Waals surface area (Å²) in [4.78, 5) is 4.03. The van der Waals surface area contributed by atoms with Crippen molar-refractivity contribution >= 4 is 6.21 Å². The summed E-state index contributed by atoms with van der Waals surface area (Å²) in [5, 5.41) is 9.64. The van der Waals surface area contributed by atoms with Gasteiger partial charge < -0.3 is 15.6 Å². The molecule has 76 valence electrons. The Morgan fingerprint density at radius 3 is 3.00 bits per heavy atom. The third kappa shape index (κ3) is 2.47. The fourth-order valence-electron chi connectivity index (χ4n) is 1.05. The maximum absolute atomic E-state index is 9.64. The molecule has 0 bridgehead atoms. The molecule has 0 aliphatic carbocycles. The molecular formula is C10H14N2O2. The third-order valence-corrected chi connectivity index (χ3v) is 1.74. The Morgan fingerprint density at radius 1 is 1.57 bits per heavy atom. The van der Waals surface area contributed by atoms with Crippen molar-refractivity contribution in [2.75, 3.05) is 20.2 Å². The summed E-state index contributed by atoms with van der Waals surface area (Å²) in [5.41, 5.74) is 5.92. The molecule has 4 nitrogen and oxygen atoms in total. The number of nitrogens with zero attached hydrogens (tertiary/aromatic N) is 1. The van der Waals surface area contributed by atoms with E-state index in [0.717, 1.165) is 0 Å². The Hall–Kier alpha value is -1.55. The fourth-order valence-corrected chi connectivity index (χ4v) is 1.05. The number of benzene rings is 1. The largest absolute Gasteiger partial charge is 0.504 e. The molecule has 0 unspecified atom stereocenters. The average molecular weight is 194 g/mol. The molecule has 1 aromatic rings. The van der Waals surface area contributed by atoms with E-state index in [2.05, 4.69) is 4.99 Å². The summed E-state index contributed by atoms with van der Waals surface area (Å²) >= 11 is 0. The van der Waals surface area contributed by atoms with Crippen LogP contribution in [0.3, 0.4) is 0 Å². The van der Waals surface area contributed by atoms with Crippen LogP contribution in [0, 0.1) is 0 Å². The third-order valence-electron chi connectivity index (χ3n) is 1.74. The minimum absolute atomic E-state index is 0.107. The number of rotatable bonds is 4. The lowest BCUT2D eigenvalue weighted by molar-refractivity contribution is 0.373. The number of phenols is 1. The van der Waals surface area contributed by atoms with E-state index in [1.807, 2.05) is 0 Å². The maximum atomic E-state index is 9.64. The average Bonchev–Trinajstić information content (AvgIpc) is 2.21. The van der Waals surface area contributed by atoms with Gasteiger partial charge in [-0.15, -0.1) is 0 Å². The summed E-state index contributed by atoms with van der Waals surface area (Å²) in [6, 6.07) is 5.25. The molecule has 0 radical (unpaired) electrons. The summed E-state index contributed by atoms with van der Waals surface area (Å²) in [6.07, 6.45) is 1.59. The van der Waals surface area contributed by atoms with Crippen molar-refractivity contribution in [1.29, 1.82) is 0 Å². The summed E-state index contributed by atoms with van der Waals surface area (Å²) in [7, 11) is 1.51. The van der Waals surface area contributed by atoms with Crippen molar-refractivity contribution in [2.45, 2.75) is 0 Å². The zero-order chi connectivity index (χ0) is 10.4. The molecule has 3 N–H and O–H groups in total. The molecule has 0 aliphatic rings. The van der Waals surface area contributed by atoms with Gasteiger partial charge in [-0.05, 0) is 12.1 Å². The molecule has 0 aromatic heterocycles. The molecule has 0 saturated carbocycles. The first-order chi connectivity index (χ1) is 6.79. The van der Waals surface area contributed by atoms with E-state index in [1.165, 1.54) is 7.11 Å².